The van der Waals surface area contributed by atoms with Crippen LogP contribution in [0.1, 0.15) is 50.5 Å². The molecule has 134 valence electrons. The van der Waals surface area contributed by atoms with Crippen molar-refractivity contribution in [3.8, 4) is 0 Å². The van der Waals surface area contributed by atoms with Gasteiger partial charge in [-0.3, -0.25) is 9.69 Å². The van der Waals surface area contributed by atoms with E-state index in [1.54, 1.807) is 0 Å². The number of benzene rings is 1. The number of likely N-dealkylation sites (tertiary alicyclic amines) is 1. The highest BCUT2D eigenvalue weighted by Gasteiger charge is 2.61. The molecule has 1 amide bonds. The number of nitrogens with one attached hydrogen (secondary N) is 1. The molecule has 5 heteroatoms. The number of hydrogen-bond acceptors (Lipinski definition) is 3. The zero-order valence-corrected chi connectivity index (χ0v) is 14.7. The molecule has 2 saturated heterocycles. The number of hydrogen-bond donors (Lipinski definition) is 1. The number of anilines is 1. The quantitative estimate of drug-likeness (QED) is 0.886. The van der Waals surface area contributed by atoms with Gasteiger partial charge in [-0.05, 0) is 38.2 Å². The Kier molecular flexibility index (Phi) is 3.84. The molecule has 3 aliphatic heterocycles. The van der Waals surface area contributed by atoms with Gasteiger partial charge in [0.05, 0.1) is 31.0 Å². The summed E-state index contributed by atoms with van der Waals surface area (Å²) in [6, 6.07) is 8.04. The summed E-state index contributed by atoms with van der Waals surface area (Å²) < 4.78 is 12.7. The molecule has 1 aromatic rings. The van der Waals surface area contributed by atoms with E-state index in [-0.39, 0.29) is 18.1 Å². The van der Waals surface area contributed by atoms with Crippen LogP contribution in [0.15, 0.2) is 24.3 Å². The van der Waals surface area contributed by atoms with Crippen molar-refractivity contribution in [2.75, 3.05) is 24.7 Å². The molecule has 0 bridgehead atoms. The molecule has 1 spiro atoms. The number of para-hydroxylation sites is 1. The van der Waals surface area contributed by atoms with Gasteiger partial charge in [0.25, 0.3) is 11.7 Å². The van der Waals surface area contributed by atoms with Gasteiger partial charge in [-0.15, -0.1) is 0 Å². The van der Waals surface area contributed by atoms with Crippen LogP contribution in [0.25, 0.3) is 0 Å². The van der Waals surface area contributed by atoms with E-state index < -0.39 is 5.79 Å². The van der Waals surface area contributed by atoms with E-state index in [4.69, 9.17) is 9.47 Å². The first-order chi connectivity index (χ1) is 12.3. The molecule has 0 unspecified atom stereocenters. The molecule has 5 rings (SSSR count). The summed E-state index contributed by atoms with van der Waals surface area (Å²) in [6.45, 7) is 3.01. The van der Waals surface area contributed by atoms with Crippen molar-refractivity contribution < 1.29 is 19.2 Å². The van der Waals surface area contributed by atoms with Gasteiger partial charge in [0.15, 0.2) is 6.67 Å². The standard InChI is InChI=1S/C20H26N2O3/c23-19-20(24-17-10-4-5-11-18(17)25-20)15-8-2-3-9-16(15)22(19)14-21-12-6-1-7-13-21/h2-3,8-9,17-18H,1,4-7,10-14H2/p+1/t17-,18-/m0/s1. The highest BCUT2D eigenvalue weighted by molar-refractivity contribution is 6.06. The van der Waals surface area contributed by atoms with Gasteiger partial charge in [0.2, 0.25) is 0 Å². The summed E-state index contributed by atoms with van der Waals surface area (Å²) in [4.78, 5) is 16.9. The van der Waals surface area contributed by atoms with Crippen LogP contribution in [-0.4, -0.2) is 37.9 Å². The lowest BCUT2D eigenvalue weighted by molar-refractivity contribution is -0.903. The maximum Gasteiger partial charge on any atom is 0.296 e. The fourth-order valence-corrected chi connectivity index (χ4v) is 4.99. The molecule has 3 fully saturated rings. The third-order valence-corrected chi connectivity index (χ3v) is 6.30. The Labute approximate surface area is 148 Å². The van der Waals surface area contributed by atoms with Gasteiger partial charge in [0.1, 0.15) is 0 Å². The van der Waals surface area contributed by atoms with E-state index in [0.717, 1.165) is 56.7 Å². The lowest BCUT2D eigenvalue weighted by atomic mass is 9.95. The first kappa shape index (κ1) is 15.8. The van der Waals surface area contributed by atoms with E-state index in [9.17, 15) is 4.79 Å². The second-order valence-corrected chi connectivity index (χ2v) is 7.93. The number of piperidine rings is 1. The topological polar surface area (TPSA) is 43.2 Å². The van der Waals surface area contributed by atoms with Crippen molar-refractivity contribution in [2.45, 2.75) is 62.9 Å². The summed E-state index contributed by atoms with van der Waals surface area (Å²) >= 11 is 0. The number of quaternary nitrogens is 1. The average molecular weight is 343 g/mol. The van der Waals surface area contributed by atoms with E-state index in [2.05, 4.69) is 0 Å². The van der Waals surface area contributed by atoms with Crippen LogP contribution < -0.4 is 9.80 Å². The molecule has 25 heavy (non-hydrogen) atoms. The van der Waals surface area contributed by atoms with Gasteiger partial charge in [-0.2, -0.15) is 0 Å². The summed E-state index contributed by atoms with van der Waals surface area (Å²) in [7, 11) is 0. The molecule has 1 N–H and O–H groups in total. The zero-order valence-electron chi connectivity index (χ0n) is 14.7. The van der Waals surface area contributed by atoms with Gasteiger partial charge < -0.3 is 14.4 Å². The number of nitrogens with zero attached hydrogens (tertiary/aromatic N) is 1. The van der Waals surface area contributed by atoms with E-state index >= 15 is 0 Å². The number of rotatable bonds is 2. The SMILES string of the molecule is O=C1N(C[NH+]2CCCCC2)c2ccccc2C12O[C@H]1CCCC[C@@H]1O2. The second kappa shape index (κ2) is 6.08. The van der Waals surface area contributed by atoms with Gasteiger partial charge in [-0.25, -0.2) is 0 Å². The molecular formula is C20H27N2O3+. The molecule has 1 saturated carbocycles. The number of carbonyl (C=O) groups is 1. The minimum Gasteiger partial charge on any atom is -0.332 e. The third-order valence-electron chi connectivity index (χ3n) is 6.30. The van der Waals surface area contributed by atoms with Crippen molar-refractivity contribution in [2.24, 2.45) is 0 Å². The van der Waals surface area contributed by atoms with Crippen LogP contribution in [0.4, 0.5) is 5.69 Å². The summed E-state index contributed by atoms with van der Waals surface area (Å²) in [5.41, 5.74) is 1.88. The number of carbonyl (C=O) groups excluding carboxylic acids is 1. The minimum absolute atomic E-state index is 0.0128. The van der Waals surface area contributed by atoms with Crippen LogP contribution in [0.5, 0.6) is 0 Å². The van der Waals surface area contributed by atoms with Crippen LogP contribution in [0.2, 0.25) is 0 Å². The largest absolute Gasteiger partial charge is 0.332 e. The first-order valence-corrected chi connectivity index (χ1v) is 9.89. The van der Waals surface area contributed by atoms with Crippen LogP contribution in [-0.2, 0) is 20.1 Å². The summed E-state index contributed by atoms with van der Waals surface area (Å²) in [5, 5.41) is 0. The minimum atomic E-state index is -1.19. The Morgan fingerprint density at radius 2 is 1.68 bits per heavy atom. The normalized spacial score (nSPS) is 31.4. The maximum absolute atomic E-state index is 13.5. The second-order valence-electron chi connectivity index (χ2n) is 7.93. The third kappa shape index (κ3) is 2.44. The molecular weight excluding hydrogens is 316 g/mol. The Morgan fingerprint density at radius 3 is 2.40 bits per heavy atom. The average Bonchev–Trinajstić information content (AvgIpc) is 3.15. The Morgan fingerprint density at radius 1 is 1.00 bits per heavy atom. The van der Waals surface area contributed by atoms with Crippen molar-refractivity contribution in [3.05, 3.63) is 29.8 Å². The van der Waals surface area contributed by atoms with Crippen molar-refractivity contribution in [1.82, 2.24) is 0 Å². The van der Waals surface area contributed by atoms with Crippen LogP contribution in [0.3, 0.4) is 0 Å². The molecule has 2 atom stereocenters. The van der Waals surface area contributed by atoms with Crippen LogP contribution in [0, 0.1) is 0 Å². The zero-order chi connectivity index (χ0) is 16.9. The molecule has 4 aliphatic rings. The van der Waals surface area contributed by atoms with Crippen molar-refractivity contribution >= 4 is 11.6 Å². The predicted octanol–water partition coefficient (Wildman–Crippen LogP) is 1.57. The fraction of sp³-hybridized carbons (Fsp3) is 0.650. The molecule has 0 aromatic heterocycles. The Balaban J connectivity index is 1.48. The van der Waals surface area contributed by atoms with Crippen LogP contribution >= 0.6 is 0 Å². The number of amides is 1. The molecule has 3 heterocycles. The molecule has 1 aliphatic carbocycles. The highest BCUT2D eigenvalue weighted by atomic mass is 16.8. The number of ether oxygens (including phenoxy) is 2. The molecule has 0 radical (unpaired) electrons. The molecule has 5 nitrogen and oxygen atoms in total. The lowest BCUT2D eigenvalue weighted by Crippen LogP contribution is -3.14. The predicted molar refractivity (Wildman–Crippen MR) is 93.2 cm³/mol. The van der Waals surface area contributed by atoms with E-state index in [1.165, 1.54) is 24.2 Å². The Hall–Kier alpha value is -1.43. The monoisotopic (exact) mass is 343 g/mol. The van der Waals surface area contributed by atoms with Gasteiger partial charge in [0, 0.05) is 5.56 Å². The highest BCUT2D eigenvalue weighted by Crippen LogP contribution is 2.50. The lowest BCUT2D eigenvalue weighted by Gasteiger charge is -2.29. The van der Waals surface area contributed by atoms with E-state index in [0.29, 0.717) is 0 Å². The van der Waals surface area contributed by atoms with E-state index in [1.807, 2.05) is 29.2 Å². The summed E-state index contributed by atoms with van der Waals surface area (Å²) in [5.74, 6) is -1.20. The Bertz CT molecular complexity index is 657. The smallest absolute Gasteiger partial charge is 0.296 e. The number of fused-ring (bicyclic) bond motifs is 3. The molecule has 1 aromatic carbocycles. The fourth-order valence-electron chi connectivity index (χ4n) is 4.99. The first-order valence-electron chi connectivity index (χ1n) is 9.89. The van der Waals surface area contributed by atoms with Crippen molar-refractivity contribution in [1.29, 1.82) is 0 Å². The summed E-state index contributed by atoms with van der Waals surface area (Å²) in [6.07, 6.45) is 8.27. The van der Waals surface area contributed by atoms with Gasteiger partial charge in [-0.1, -0.05) is 31.0 Å². The van der Waals surface area contributed by atoms with Crippen molar-refractivity contribution in [3.63, 3.8) is 0 Å². The maximum atomic E-state index is 13.5. The van der Waals surface area contributed by atoms with Gasteiger partial charge >= 0.3 is 0 Å².